The molecule has 6 heteroatoms. The highest BCUT2D eigenvalue weighted by Gasteiger charge is 2.32. The number of aromatic nitrogens is 1. The van der Waals surface area contributed by atoms with Gasteiger partial charge in [-0.15, -0.1) is 0 Å². The van der Waals surface area contributed by atoms with E-state index in [0.29, 0.717) is 6.79 Å². The molecule has 0 unspecified atom stereocenters. The summed E-state index contributed by atoms with van der Waals surface area (Å²) in [4.78, 5) is 0. The fourth-order valence-electron chi connectivity index (χ4n) is 7.11. The third-order valence-corrected chi connectivity index (χ3v) is 9.52. The fourth-order valence-corrected chi connectivity index (χ4v) is 7.11. The average molecular weight is 716 g/mol. The summed E-state index contributed by atoms with van der Waals surface area (Å²) >= 11 is 0. The van der Waals surface area contributed by atoms with Crippen LogP contribution in [0.5, 0.6) is 23.0 Å². The molecule has 0 atom stereocenters. The average Bonchev–Trinajstić information content (AvgIpc) is 3.49. The molecule has 44 heavy (non-hydrogen) atoms. The minimum atomic E-state index is 0. The summed E-state index contributed by atoms with van der Waals surface area (Å²) in [5, 5.41) is 2.39. The standard InChI is InChI=1S/C38H54NO4.HI/c1-4-5-6-7-8-9-10-11-12-13-14-15-16-17-18-19-20-31-30-21-22-34(40-2)38(41-3)33(30)27-39-24-23-29-25-35-36(43-28-42-35)26-32(29)37(31)39;/h21-22,25-27H,4-20,23-24,28H2,1-3H3;1H/q+1;/p-1. The van der Waals surface area contributed by atoms with Gasteiger partial charge in [-0.25, -0.2) is 0 Å². The maximum Gasteiger partial charge on any atom is 0.231 e. The van der Waals surface area contributed by atoms with E-state index in [1.54, 1.807) is 14.2 Å². The zero-order valence-corrected chi connectivity index (χ0v) is 29.6. The number of benzene rings is 2. The van der Waals surface area contributed by atoms with Crippen LogP contribution in [-0.4, -0.2) is 21.0 Å². The number of halogens is 1. The number of hydrogen-bond acceptors (Lipinski definition) is 4. The smallest absolute Gasteiger partial charge is 0.231 e. The SMILES string of the molecule is CCCCCCCCCCCCCCCCCCc1c2[n+](cc3c(OC)c(OC)ccc13)CCc1cc3c(cc1-2)OCO3.[I-]. The van der Waals surface area contributed by atoms with Crippen molar-refractivity contribution in [2.45, 2.75) is 129 Å². The van der Waals surface area contributed by atoms with Gasteiger partial charge in [-0.1, -0.05) is 103 Å². The second-order valence-corrected chi connectivity index (χ2v) is 12.6. The second kappa shape index (κ2) is 18.1. The molecular weight excluding hydrogens is 661 g/mol. The largest absolute Gasteiger partial charge is 1.00 e. The van der Waals surface area contributed by atoms with Crippen molar-refractivity contribution in [3.8, 4) is 34.3 Å². The van der Waals surface area contributed by atoms with Gasteiger partial charge >= 0.3 is 0 Å². The van der Waals surface area contributed by atoms with Crippen molar-refractivity contribution in [2.24, 2.45) is 0 Å². The van der Waals surface area contributed by atoms with E-state index in [-0.39, 0.29) is 24.0 Å². The van der Waals surface area contributed by atoms with Crippen molar-refractivity contribution in [3.63, 3.8) is 0 Å². The monoisotopic (exact) mass is 715 g/mol. The summed E-state index contributed by atoms with van der Waals surface area (Å²) in [5.74, 6) is 3.33. The van der Waals surface area contributed by atoms with Crippen molar-refractivity contribution >= 4 is 10.8 Å². The molecule has 0 aliphatic carbocycles. The normalized spacial score (nSPS) is 13.0. The van der Waals surface area contributed by atoms with Crippen LogP contribution < -0.4 is 47.5 Å². The highest BCUT2D eigenvalue weighted by atomic mass is 127. The Hall–Kier alpha value is -2.22. The van der Waals surface area contributed by atoms with Gasteiger partial charge in [0, 0.05) is 17.4 Å². The lowest BCUT2D eigenvalue weighted by molar-refractivity contribution is -0.686. The van der Waals surface area contributed by atoms with E-state index in [1.807, 2.05) is 0 Å². The molecular formula is C38H54INO4. The van der Waals surface area contributed by atoms with Crippen LogP contribution in [0.2, 0.25) is 0 Å². The van der Waals surface area contributed by atoms with Gasteiger partial charge < -0.3 is 42.9 Å². The summed E-state index contributed by atoms with van der Waals surface area (Å²) in [6.45, 7) is 3.53. The first-order chi connectivity index (χ1) is 21.2. The minimum Gasteiger partial charge on any atom is -1.00 e. The van der Waals surface area contributed by atoms with Crippen molar-refractivity contribution in [1.29, 1.82) is 0 Å². The van der Waals surface area contributed by atoms with Crippen molar-refractivity contribution < 1.29 is 47.5 Å². The van der Waals surface area contributed by atoms with Crippen LogP contribution >= 0.6 is 0 Å². The maximum absolute atomic E-state index is 5.89. The minimum absolute atomic E-state index is 0. The van der Waals surface area contributed by atoms with Crippen LogP contribution in [0.3, 0.4) is 0 Å². The Morgan fingerprint density at radius 3 is 1.89 bits per heavy atom. The Bertz CT molecular complexity index is 1340. The Morgan fingerprint density at radius 1 is 0.705 bits per heavy atom. The van der Waals surface area contributed by atoms with Gasteiger partial charge in [-0.2, -0.15) is 4.57 Å². The summed E-state index contributed by atoms with van der Waals surface area (Å²) in [6.07, 6.45) is 26.5. The van der Waals surface area contributed by atoms with Gasteiger partial charge in [0.15, 0.2) is 35.7 Å². The summed E-state index contributed by atoms with van der Waals surface area (Å²) < 4.78 is 25.5. The Morgan fingerprint density at radius 2 is 1.30 bits per heavy atom. The zero-order chi connectivity index (χ0) is 29.9. The third-order valence-electron chi connectivity index (χ3n) is 9.52. The fraction of sp³-hybridized carbons (Fsp3) is 0.605. The topological polar surface area (TPSA) is 40.8 Å². The molecule has 0 saturated heterocycles. The number of pyridine rings is 1. The highest BCUT2D eigenvalue weighted by molar-refractivity contribution is 5.95. The molecule has 0 saturated carbocycles. The molecule has 0 bridgehead atoms. The molecule has 3 aromatic rings. The van der Waals surface area contributed by atoms with E-state index < -0.39 is 0 Å². The number of methoxy groups -OCH3 is 2. The number of ether oxygens (including phenoxy) is 4. The molecule has 3 heterocycles. The Labute approximate surface area is 283 Å². The maximum atomic E-state index is 5.89. The van der Waals surface area contributed by atoms with Crippen molar-refractivity contribution in [2.75, 3.05) is 21.0 Å². The molecule has 242 valence electrons. The Kier molecular flexibility index (Phi) is 14.2. The molecule has 1 aromatic heterocycles. The van der Waals surface area contributed by atoms with Crippen molar-refractivity contribution in [1.82, 2.24) is 0 Å². The first-order valence-electron chi connectivity index (χ1n) is 17.3. The molecule has 5 nitrogen and oxygen atoms in total. The van der Waals surface area contributed by atoms with Crippen LogP contribution in [0.25, 0.3) is 22.0 Å². The van der Waals surface area contributed by atoms with Gasteiger partial charge in [0.2, 0.25) is 12.5 Å². The van der Waals surface area contributed by atoms with Crippen LogP contribution in [0.1, 0.15) is 121 Å². The number of aryl methyl sites for hydroxylation is 3. The summed E-state index contributed by atoms with van der Waals surface area (Å²) in [5.41, 5.74) is 5.35. The van der Waals surface area contributed by atoms with Gasteiger partial charge in [-0.05, 0) is 42.7 Å². The van der Waals surface area contributed by atoms with Gasteiger partial charge in [-0.3, -0.25) is 0 Å². The zero-order valence-electron chi connectivity index (χ0n) is 27.5. The van der Waals surface area contributed by atoms with Crippen LogP contribution in [0.15, 0.2) is 30.5 Å². The van der Waals surface area contributed by atoms with Crippen LogP contribution in [0, 0.1) is 0 Å². The number of hydrogen-bond donors (Lipinski definition) is 0. The number of nitrogens with zero attached hydrogens (tertiary/aromatic N) is 1. The molecule has 2 aliphatic heterocycles. The van der Waals surface area contributed by atoms with Gasteiger partial charge in [0.05, 0.1) is 25.2 Å². The summed E-state index contributed by atoms with van der Waals surface area (Å²) in [6, 6.07) is 8.67. The van der Waals surface area contributed by atoms with Crippen LogP contribution in [-0.2, 0) is 19.4 Å². The highest BCUT2D eigenvalue weighted by Crippen LogP contribution is 2.44. The second-order valence-electron chi connectivity index (χ2n) is 12.6. The lowest BCUT2D eigenvalue weighted by Crippen LogP contribution is -3.00. The number of fused-ring (bicyclic) bond motifs is 5. The lowest BCUT2D eigenvalue weighted by Gasteiger charge is -2.21. The van der Waals surface area contributed by atoms with E-state index in [0.717, 1.165) is 47.8 Å². The van der Waals surface area contributed by atoms with E-state index in [2.05, 4.69) is 42.0 Å². The molecule has 0 radical (unpaired) electrons. The molecule has 0 amide bonds. The van der Waals surface area contributed by atoms with Gasteiger partial charge in [0.1, 0.15) is 0 Å². The van der Waals surface area contributed by atoms with Gasteiger partial charge in [0.25, 0.3) is 0 Å². The predicted octanol–water partition coefficient (Wildman–Crippen LogP) is 6.90. The number of unbranched alkanes of at least 4 members (excludes halogenated alkanes) is 15. The first kappa shape index (κ1) is 34.6. The van der Waals surface area contributed by atoms with Crippen LogP contribution in [0.4, 0.5) is 0 Å². The molecule has 2 aromatic carbocycles. The van der Waals surface area contributed by atoms with E-state index >= 15 is 0 Å². The predicted molar refractivity (Wildman–Crippen MR) is 176 cm³/mol. The van der Waals surface area contributed by atoms with E-state index in [9.17, 15) is 0 Å². The lowest BCUT2D eigenvalue weighted by atomic mass is 9.89. The molecule has 5 rings (SSSR count). The molecule has 0 N–H and O–H groups in total. The Balaban J connectivity index is 0.00000442. The van der Waals surface area contributed by atoms with Crippen molar-refractivity contribution in [3.05, 3.63) is 41.6 Å². The molecule has 0 fully saturated rings. The quantitative estimate of drug-likeness (QED) is 0.0770. The van der Waals surface area contributed by atoms with E-state index in [4.69, 9.17) is 18.9 Å². The third kappa shape index (κ3) is 8.52. The molecule has 2 aliphatic rings. The molecule has 0 spiro atoms. The van der Waals surface area contributed by atoms with E-state index in [1.165, 1.54) is 131 Å². The first-order valence-corrected chi connectivity index (χ1v) is 17.3. The summed E-state index contributed by atoms with van der Waals surface area (Å²) in [7, 11) is 3.46. The number of rotatable bonds is 19.